The van der Waals surface area contributed by atoms with Crippen LogP contribution in [0.1, 0.15) is 33.6 Å². The van der Waals surface area contributed by atoms with Crippen LogP contribution in [-0.4, -0.2) is 24.1 Å². The van der Waals surface area contributed by atoms with Crippen LogP contribution >= 0.6 is 35.3 Å². The highest BCUT2D eigenvalue weighted by atomic mass is 127. The highest BCUT2D eigenvalue weighted by Crippen LogP contribution is 2.23. The summed E-state index contributed by atoms with van der Waals surface area (Å²) in [6.07, 6.45) is 0. The van der Waals surface area contributed by atoms with Crippen molar-refractivity contribution in [2.45, 2.75) is 47.4 Å². The second-order valence-corrected chi connectivity index (χ2v) is 7.08. The van der Waals surface area contributed by atoms with Gasteiger partial charge in [-0.05, 0) is 33.8 Å². The van der Waals surface area contributed by atoms with Gasteiger partial charge in [-0.3, -0.25) is 0 Å². The molecule has 0 saturated heterocycles. The lowest BCUT2D eigenvalue weighted by Crippen LogP contribution is -2.36. The van der Waals surface area contributed by atoms with E-state index in [1.807, 2.05) is 27.7 Å². The summed E-state index contributed by atoms with van der Waals surface area (Å²) in [5.74, 6) is 0.749. The summed E-state index contributed by atoms with van der Waals surface area (Å²) >= 11 is 1.64. The van der Waals surface area contributed by atoms with Crippen LogP contribution in [-0.2, 0) is 13.1 Å². The van der Waals surface area contributed by atoms with Gasteiger partial charge in [0.05, 0.1) is 18.8 Å². The third-order valence-electron chi connectivity index (χ3n) is 3.66. The van der Waals surface area contributed by atoms with Gasteiger partial charge in [-0.25, -0.2) is 9.98 Å². The number of nitrogens with zero attached hydrogens (tertiary/aromatic N) is 2. The minimum absolute atomic E-state index is 0. The molecule has 0 aliphatic rings. The van der Waals surface area contributed by atoms with Gasteiger partial charge in [0.2, 0.25) is 0 Å². The maximum absolute atomic E-state index is 12.6. The Hall–Kier alpha value is -1.49. The molecule has 0 aliphatic heterocycles. The SMILES string of the molecule is CCNC(=NCc1cc(C)ccc1OC(F)F)NCc1nc(C)c(C)s1.I. The number of thiazole rings is 1. The van der Waals surface area contributed by atoms with Gasteiger partial charge in [0.25, 0.3) is 0 Å². The molecule has 9 heteroatoms. The third-order valence-corrected chi connectivity index (χ3v) is 4.74. The highest BCUT2D eigenvalue weighted by Gasteiger charge is 2.10. The molecular formula is C18H25F2IN4OS. The number of aryl methyl sites for hydroxylation is 3. The van der Waals surface area contributed by atoms with Gasteiger partial charge in [-0.2, -0.15) is 8.78 Å². The second kappa shape index (κ2) is 11.4. The van der Waals surface area contributed by atoms with Gasteiger partial charge in [-0.1, -0.05) is 17.7 Å². The van der Waals surface area contributed by atoms with Crippen LogP contribution in [0.2, 0.25) is 0 Å². The van der Waals surface area contributed by atoms with Crippen molar-refractivity contribution in [1.29, 1.82) is 0 Å². The highest BCUT2D eigenvalue weighted by molar-refractivity contribution is 14.0. The number of rotatable bonds is 7. The summed E-state index contributed by atoms with van der Waals surface area (Å²) in [7, 11) is 0. The first-order valence-corrected chi connectivity index (χ1v) is 9.20. The van der Waals surface area contributed by atoms with Gasteiger partial charge >= 0.3 is 6.61 Å². The average molecular weight is 510 g/mol. The summed E-state index contributed by atoms with van der Waals surface area (Å²) < 4.78 is 29.7. The molecule has 0 aliphatic carbocycles. The predicted octanol–water partition coefficient (Wildman–Crippen LogP) is 4.54. The smallest absolute Gasteiger partial charge is 0.387 e. The Balaban J connectivity index is 0.00000364. The van der Waals surface area contributed by atoms with Crippen LogP contribution < -0.4 is 15.4 Å². The number of hydrogen-bond donors (Lipinski definition) is 2. The number of hydrogen-bond acceptors (Lipinski definition) is 4. The summed E-state index contributed by atoms with van der Waals surface area (Å²) in [4.78, 5) is 10.2. The van der Waals surface area contributed by atoms with E-state index in [0.29, 0.717) is 24.6 Å². The van der Waals surface area contributed by atoms with Crippen molar-refractivity contribution in [3.63, 3.8) is 0 Å². The lowest BCUT2D eigenvalue weighted by Gasteiger charge is -2.12. The number of aromatic nitrogens is 1. The molecule has 0 atom stereocenters. The van der Waals surface area contributed by atoms with E-state index in [9.17, 15) is 8.78 Å². The normalized spacial score (nSPS) is 11.3. The minimum Gasteiger partial charge on any atom is -0.434 e. The van der Waals surface area contributed by atoms with Gasteiger partial charge in [0, 0.05) is 17.0 Å². The van der Waals surface area contributed by atoms with Crippen LogP contribution in [0.5, 0.6) is 5.75 Å². The van der Waals surface area contributed by atoms with E-state index < -0.39 is 6.61 Å². The minimum atomic E-state index is -2.86. The molecule has 0 bridgehead atoms. The third kappa shape index (κ3) is 7.57. The lowest BCUT2D eigenvalue weighted by molar-refractivity contribution is -0.0504. The van der Waals surface area contributed by atoms with Gasteiger partial charge in [0.1, 0.15) is 10.8 Å². The summed E-state index contributed by atoms with van der Waals surface area (Å²) in [5.41, 5.74) is 2.61. The molecule has 0 amide bonds. The Labute approximate surface area is 179 Å². The predicted molar refractivity (Wildman–Crippen MR) is 116 cm³/mol. The van der Waals surface area contributed by atoms with Crippen molar-refractivity contribution in [1.82, 2.24) is 15.6 Å². The Morgan fingerprint density at radius 3 is 2.59 bits per heavy atom. The molecule has 0 unspecified atom stereocenters. The molecule has 1 aromatic carbocycles. The molecule has 150 valence electrons. The van der Waals surface area contributed by atoms with Crippen LogP contribution in [0.4, 0.5) is 8.78 Å². The van der Waals surface area contributed by atoms with Crippen LogP contribution in [0, 0.1) is 20.8 Å². The van der Waals surface area contributed by atoms with Crippen molar-refractivity contribution >= 4 is 41.3 Å². The number of alkyl halides is 2. The number of ether oxygens (including phenoxy) is 1. The number of guanidine groups is 1. The van der Waals surface area contributed by atoms with Crippen molar-refractivity contribution in [3.05, 3.63) is 44.9 Å². The van der Waals surface area contributed by atoms with Gasteiger partial charge in [0.15, 0.2) is 5.96 Å². The van der Waals surface area contributed by atoms with Crippen molar-refractivity contribution in [2.75, 3.05) is 6.54 Å². The maximum atomic E-state index is 12.6. The topological polar surface area (TPSA) is 58.5 Å². The van der Waals surface area contributed by atoms with E-state index in [4.69, 9.17) is 0 Å². The van der Waals surface area contributed by atoms with Crippen molar-refractivity contribution in [2.24, 2.45) is 4.99 Å². The zero-order valence-corrected chi connectivity index (χ0v) is 19.0. The molecule has 2 N–H and O–H groups in total. The van der Waals surface area contributed by atoms with E-state index in [2.05, 4.69) is 25.3 Å². The Morgan fingerprint density at radius 2 is 2.00 bits per heavy atom. The van der Waals surface area contributed by atoms with Crippen LogP contribution in [0.3, 0.4) is 0 Å². The first kappa shape index (κ1) is 23.5. The fraction of sp³-hybridized carbons (Fsp3) is 0.444. The zero-order chi connectivity index (χ0) is 19.1. The summed E-state index contributed by atoms with van der Waals surface area (Å²) in [5, 5.41) is 7.34. The maximum Gasteiger partial charge on any atom is 0.387 e. The number of halogens is 3. The largest absolute Gasteiger partial charge is 0.434 e. The van der Waals surface area contributed by atoms with E-state index in [0.717, 1.165) is 16.3 Å². The first-order valence-electron chi connectivity index (χ1n) is 8.38. The monoisotopic (exact) mass is 510 g/mol. The summed E-state index contributed by atoms with van der Waals surface area (Å²) in [6, 6.07) is 5.09. The quantitative estimate of drug-likeness (QED) is 0.326. The van der Waals surface area contributed by atoms with Gasteiger partial charge < -0.3 is 15.4 Å². The molecule has 0 spiro atoms. The van der Waals surface area contributed by atoms with Gasteiger partial charge in [-0.15, -0.1) is 35.3 Å². The molecular weight excluding hydrogens is 485 g/mol. The standard InChI is InChI=1S/C18H24F2N4OS.HI/c1-5-21-18(23-10-16-24-12(3)13(4)26-16)22-9-14-8-11(2)6-7-15(14)25-17(19)20;/h6-8,17H,5,9-10H2,1-4H3,(H2,21,22,23);1H. The van der Waals surface area contributed by atoms with Crippen molar-refractivity contribution < 1.29 is 13.5 Å². The van der Waals surface area contributed by atoms with Crippen LogP contribution in [0.15, 0.2) is 23.2 Å². The number of benzene rings is 1. The molecule has 1 heterocycles. The zero-order valence-electron chi connectivity index (χ0n) is 15.8. The average Bonchev–Trinajstić information content (AvgIpc) is 2.90. The number of aliphatic imine (C=N–C) groups is 1. The Morgan fingerprint density at radius 1 is 1.26 bits per heavy atom. The fourth-order valence-electron chi connectivity index (χ4n) is 2.32. The second-order valence-electron chi connectivity index (χ2n) is 5.79. The Kier molecular flexibility index (Phi) is 9.92. The number of nitrogens with one attached hydrogen (secondary N) is 2. The van der Waals surface area contributed by atoms with E-state index in [-0.39, 0.29) is 36.3 Å². The molecule has 5 nitrogen and oxygen atoms in total. The molecule has 0 saturated carbocycles. The molecule has 27 heavy (non-hydrogen) atoms. The van der Waals surface area contributed by atoms with E-state index in [1.54, 1.807) is 29.5 Å². The Bertz CT molecular complexity index is 748. The summed E-state index contributed by atoms with van der Waals surface area (Å²) in [6.45, 7) is 6.51. The first-order chi connectivity index (χ1) is 12.4. The van der Waals surface area contributed by atoms with E-state index >= 15 is 0 Å². The lowest BCUT2D eigenvalue weighted by atomic mass is 10.1. The molecule has 1 aromatic heterocycles. The fourth-order valence-corrected chi connectivity index (χ4v) is 3.20. The molecule has 2 aromatic rings. The van der Waals surface area contributed by atoms with Crippen LogP contribution in [0.25, 0.3) is 0 Å². The molecule has 0 radical (unpaired) electrons. The van der Waals surface area contributed by atoms with Crippen molar-refractivity contribution in [3.8, 4) is 5.75 Å². The molecule has 0 fully saturated rings. The van der Waals surface area contributed by atoms with E-state index in [1.165, 1.54) is 4.88 Å². The molecule has 2 rings (SSSR count).